The van der Waals surface area contributed by atoms with Gasteiger partial charge < -0.3 is 5.73 Å². The molecule has 0 bridgehead atoms. The van der Waals surface area contributed by atoms with Gasteiger partial charge in [0.1, 0.15) is 4.90 Å². The lowest BCUT2D eigenvalue weighted by Crippen LogP contribution is -2.50. The Kier molecular flexibility index (Phi) is 2.47. The van der Waals surface area contributed by atoms with Gasteiger partial charge in [0.15, 0.2) is 5.82 Å². The summed E-state index contributed by atoms with van der Waals surface area (Å²) in [7, 11) is -1.91. The Hall–Kier alpha value is -1.08. The number of hydrogen-bond acceptors (Lipinski definition) is 4. The van der Waals surface area contributed by atoms with Crippen LogP contribution in [-0.2, 0) is 17.1 Å². The van der Waals surface area contributed by atoms with Crippen LogP contribution in [0.15, 0.2) is 11.1 Å². The largest absolute Gasteiger partial charge is 0.381 e. The van der Waals surface area contributed by atoms with Crippen molar-refractivity contribution in [3.63, 3.8) is 0 Å². The summed E-state index contributed by atoms with van der Waals surface area (Å²) in [6.07, 6.45) is 4.21. The van der Waals surface area contributed by atoms with Crippen LogP contribution >= 0.6 is 0 Å². The SMILES string of the molecule is Cn1cc(S(=O)(=O)NC2(C)CCC2)c(N)n1. The third kappa shape index (κ3) is 1.92. The first-order valence-electron chi connectivity index (χ1n) is 5.16. The van der Waals surface area contributed by atoms with Gasteiger partial charge in [0, 0.05) is 18.8 Å². The molecule has 6 nitrogen and oxygen atoms in total. The maximum absolute atomic E-state index is 12.0. The summed E-state index contributed by atoms with van der Waals surface area (Å²) in [6.45, 7) is 1.90. The number of nitrogens with two attached hydrogens (primary N) is 1. The van der Waals surface area contributed by atoms with E-state index in [1.807, 2.05) is 6.92 Å². The number of nitrogens with one attached hydrogen (secondary N) is 1. The van der Waals surface area contributed by atoms with Crippen LogP contribution in [0.25, 0.3) is 0 Å². The smallest absolute Gasteiger partial charge is 0.246 e. The Morgan fingerprint density at radius 2 is 2.19 bits per heavy atom. The van der Waals surface area contributed by atoms with E-state index in [4.69, 9.17) is 5.73 Å². The Morgan fingerprint density at radius 1 is 1.56 bits per heavy atom. The molecule has 0 aliphatic heterocycles. The van der Waals surface area contributed by atoms with Gasteiger partial charge in [-0.15, -0.1) is 0 Å². The molecular weight excluding hydrogens is 228 g/mol. The molecule has 16 heavy (non-hydrogen) atoms. The average molecular weight is 244 g/mol. The zero-order valence-corrected chi connectivity index (χ0v) is 10.2. The van der Waals surface area contributed by atoms with E-state index >= 15 is 0 Å². The van der Waals surface area contributed by atoms with Crippen LogP contribution in [0.2, 0.25) is 0 Å². The molecule has 0 aromatic carbocycles. The summed E-state index contributed by atoms with van der Waals surface area (Å²) < 4.78 is 28.1. The van der Waals surface area contributed by atoms with Crippen LogP contribution < -0.4 is 10.5 Å². The maximum Gasteiger partial charge on any atom is 0.246 e. The van der Waals surface area contributed by atoms with Gasteiger partial charge in [-0.05, 0) is 26.2 Å². The number of hydrogen-bond donors (Lipinski definition) is 2. The first kappa shape index (κ1) is 11.4. The molecule has 0 spiro atoms. The number of nitrogen functional groups attached to an aromatic ring is 1. The van der Waals surface area contributed by atoms with Crippen molar-refractivity contribution in [2.24, 2.45) is 7.05 Å². The normalized spacial score (nSPS) is 19.4. The van der Waals surface area contributed by atoms with Crippen LogP contribution in [0.5, 0.6) is 0 Å². The summed E-state index contributed by atoms with van der Waals surface area (Å²) in [6, 6.07) is 0. The fraction of sp³-hybridized carbons (Fsp3) is 0.667. The quantitative estimate of drug-likeness (QED) is 0.796. The molecule has 1 aliphatic carbocycles. The van der Waals surface area contributed by atoms with Gasteiger partial charge in [0.25, 0.3) is 0 Å². The topological polar surface area (TPSA) is 90.0 Å². The Labute approximate surface area is 94.9 Å². The summed E-state index contributed by atoms with van der Waals surface area (Å²) in [5.41, 5.74) is 5.24. The molecule has 1 heterocycles. The standard InChI is InChI=1S/C9H16N4O2S/c1-9(4-3-5-9)12-16(14,15)7-6-13(2)11-8(7)10/h6,12H,3-5H2,1-2H3,(H2,10,11). The highest BCUT2D eigenvalue weighted by Gasteiger charge is 2.37. The van der Waals surface area contributed by atoms with Crippen LogP contribution in [0.1, 0.15) is 26.2 Å². The molecule has 0 atom stereocenters. The lowest BCUT2D eigenvalue weighted by atomic mass is 9.80. The third-order valence-corrected chi connectivity index (χ3v) is 4.60. The van der Waals surface area contributed by atoms with E-state index in [1.54, 1.807) is 7.05 Å². The fourth-order valence-electron chi connectivity index (χ4n) is 1.88. The zero-order chi connectivity index (χ0) is 12.0. The van der Waals surface area contributed by atoms with E-state index in [0.29, 0.717) is 0 Å². The minimum atomic E-state index is -3.55. The fourth-order valence-corrected chi connectivity index (χ4v) is 3.45. The summed E-state index contributed by atoms with van der Waals surface area (Å²) in [4.78, 5) is 0.0584. The molecule has 0 radical (unpaired) electrons. The van der Waals surface area contributed by atoms with E-state index < -0.39 is 10.0 Å². The number of aryl methyl sites for hydroxylation is 1. The Bertz CT molecular complexity index is 502. The average Bonchev–Trinajstić information content (AvgIpc) is 2.42. The van der Waals surface area contributed by atoms with Crippen molar-refractivity contribution in [2.45, 2.75) is 36.6 Å². The molecule has 90 valence electrons. The summed E-state index contributed by atoms with van der Waals surface area (Å²) in [5, 5.41) is 3.83. The van der Waals surface area contributed by atoms with Gasteiger partial charge in [-0.1, -0.05) is 0 Å². The zero-order valence-electron chi connectivity index (χ0n) is 9.40. The van der Waals surface area contributed by atoms with E-state index in [1.165, 1.54) is 10.9 Å². The van der Waals surface area contributed by atoms with Crippen molar-refractivity contribution < 1.29 is 8.42 Å². The van der Waals surface area contributed by atoms with Gasteiger partial charge in [-0.25, -0.2) is 13.1 Å². The molecule has 1 fully saturated rings. The van der Waals surface area contributed by atoms with Crippen LogP contribution in [-0.4, -0.2) is 23.7 Å². The lowest BCUT2D eigenvalue weighted by Gasteiger charge is -2.38. The third-order valence-electron chi connectivity index (χ3n) is 2.95. The highest BCUT2D eigenvalue weighted by atomic mass is 32.2. The lowest BCUT2D eigenvalue weighted by molar-refractivity contribution is 0.248. The van der Waals surface area contributed by atoms with E-state index in [2.05, 4.69) is 9.82 Å². The van der Waals surface area contributed by atoms with Crippen molar-refractivity contribution in [3.05, 3.63) is 6.20 Å². The molecule has 3 N–H and O–H groups in total. The number of aromatic nitrogens is 2. The highest BCUT2D eigenvalue weighted by molar-refractivity contribution is 7.89. The number of nitrogens with zero attached hydrogens (tertiary/aromatic N) is 2. The first-order chi connectivity index (χ1) is 7.32. The predicted molar refractivity (Wildman–Crippen MR) is 60.2 cm³/mol. The van der Waals surface area contributed by atoms with Crippen LogP contribution in [0.4, 0.5) is 5.82 Å². The Morgan fingerprint density at radius 3 is 2.56 bits per heavy atom. The van der Waals surface area contributed by atoms with Gasteiger partial charge in [-0.2, -0.15) is 5.10 Å². The second-order valence-corrected chi connectivity index (χ2v) is 6.22. The Balaban J connectivity index is 2.28. The van der Waals surface area contributed by atoms with Gasteiger partial charge in [-0.3, -0.25) is 4.68 Å². The highest BCUT2D eigenvalue weighted by Crippen LogP contribution is 2.33. The van der Waals surface area contributed by atoms with Gasteiger partial charge in [0.2, 0.25) is 10.0 Å². The minimum absolute atomic E-state index is 0.0397. The van der Waals surface area contributed by atoms with Gasteiger partial charge >= 0.3 is 0 Å². The predicted octanol–water partition coefficient (Wildman–Crippen LogP) is 0.223. The first-order valence-corrected chi connectivity index (χ1v) is 6.64. The second-order valence-electron chi connectivity index (χ2n) is 4.57. The minimum Gasteiger partial charge on any atom is -0.381 e. The van der Waals surface area contributed by atoms with E-state index in [-0.39, 0.29) is 16.3 Å². The van der Waals surface area contributed by atoms with E-state index in [9.17, 15) is 8.42 Å². The molecule has 0 saturated heterocycles. The van der Waals surface area contributed by atoms with Crippen molar-refractivity contribution in [2.75, 3.05) is 5.73 Å². The van der Waals surface area contributed by atoms with Gasteiger partial charge in [0.05, 0.1) is 0 Å². The molecular formula is C9H16N4O2S. The molecule has 0 amide bonds. The number of sulfonamides is 1. The van der Waals surface area contributed by atoms with E-state index in [0.717, 1.165) is 19.3 Å². The molecule has 1 aromatic rings. The number of rotatable bonds is 3. The van der Waals surface area contributed by atoms with Crippen molar-refractivity contribution in [1.29, 1.82) is 0 Å². The molecule has 0 unspecified atom stereocenters. The molecule has 1 saturated carbocycles. The molecule has 1 aromatic heterocycles. The maximum atomic E-state index is 12.0. The molecule has 1 aliphatic rings. The number of anilines is 1. The van der Waals surface area contributed by atoms with Crippen LogP contribution in [0, 0.1) is 0 Å². The van der Waals surface area contributed by atoms with Crippen molar-refractivity contribution in [3.8, 4) is 0 Å². The summed E-state index contributed by atoms with van der Waals surface area (Å²) >= 11 is 0. The monoisotopic (exact) mass is 244 g/mol. The molecule has 2 rings (SSSR count). The second kappa shape index (κ2) is 3.46. The van der Waals surface area contributed by atoms with Crippen molar-refractivity contribution >= 4 is 15.8 Å². The van der Waals surface area contributed by atoms with Crippen LogP contribution in [0.3, 0.4) is 0 Å². The molecule has 7 heteroatoms. The van der Waals surface area contributed by atoms with Crippen molar-refractivity contribution in [1.82, 2.24) is 14.5 Å². The summed E-state index contributed by atoms with van der Waals surface area (Å²) in [5.74, 6) is 0.0397.